The third kappa shape index (κ3) is 4.20. The summed E-state index contributed by atoms with van der Waals surface area (Å²) in [5, 5.41) is 3.23. The first-order valence-electron chi connectivity index (χ1n) is 8.74. The van der Waals surface area contributed by atoms with Crippen LogP contribution in [-0.4, -0.2) is 44.4 Å². The van der Waals surface area contributed by atoms with Gasteiger partial charge >= 0.3 is 5.97 Å². The molecule has 142 valence electrons. The van der Waals surface area contributed by atoms with E-state index in [9.17, 15) is 18.0 Å². The zero-order valence-electron chi connectivity index (χ0n) is 14.4. The maximum atomic E-state index is 12.8. The summed E-state index contributed by atoms with van der Waals surface area (Å²) in [4.78, 5) is 24.8. The van der Waals surface area contributed by atoms with Gasteiger partial charge in [0.25, 0.3) is 5.91 Å². The maximum absolute atomic E-state index is 12.8. The standard InChI is InChI=1S/C18H22ClNO5S/c19-14-5-3-13(4-6-14)18(8-1-2-9-18)17(22)25-11-16(21)20-15-7-10-26(23,24)12-15/h3-6,15H,1-2,7-12H2,(H,20,21)/t15-/m0/s1. The van der Waals surface area contributed by atoms with Crippen LogP contribution in [0.2, 0.25) is 5.02 Å². The molecular weight excluding hydrogens is 378 g/mol. The summed E-state index contributed by atoms with van der Waals surface area (Å²) >= 11 is 5.94. The minimum atomic E-state index is -3.07. The van der Waals surface area contributed by atoms with Crippen molar-refractivity contribution in [2.75, 3.05) is 18.1 Å². The van der Waals surface area contributed by atoms with Gasteiger partial charge in [0.2, 0.25) is 0 Å². The van der Waals surface area contributed by atoms with Crippen molar-refractivity contribution in [2.45, 2.75) is 43.6 Å². The zero-order chi connectivity index (χ0) is 18.8. The highest BCUT2D eigenvalue weighted by atomic mass is 35.5. The number of ether oxygens (including phenoxy) is 1. The zero-order valence-corrected chi connectivity index (χ0v) is 15.9. The highest BCUT2D eigenvalue weighted by Gasteiger charge is 2.44. The van der Waals surface area contributed by atoms with Crippen molar-refractivity contribution in [2.24, 2.45) is 0 Å². The molecule has 1 atom stereocenters. The van der Waals surface area contributed by atoms with Crippen LogP contribution in [0, 0.1) is 0 Å². The summed E-state index contributed by atoms with van der Waals surface area (Å²) in [6.45, 7) is -0.398. The van der Waals surface area contributed by atoms with Gasteiger partial charge in [-0.05, 0) is 37.0 Å². The molecule has 8 heteroatoms. The van der Waals surface area contributed by atoms with Crippen molar-refractivity contribution in [1.29, 1.82) is 0 Å². The number of nitrogens with one attached hydrogen (secondary N) is 1. The lowest BCUT2D eigenvalue weighted by Gasteiger charge is -2.27. The molecule has 3 rings (SSSR count). The molecule has 1 aromatic carbocycles. The number of rotatable bonds is 5. The monoisotopic (exact) mass is 399 g/mol. The second-order valence-corrected chi connectivity index (χ2v) is 9.70. The van der Waals surface area contributed by atoms with E-state index >= 15 is 0 Å². The number of sulfone groups is 1. The Labute approximate surface area is 158 Å². The average molecular weight is 400 g/mol. The Hall–Kier alpha value is -1.60. The summed E-state index contributed by atoms with van der Waals surface area (Å²) in [6.07, 6.45) is 3.59. The van der Waals surface area contributed by atoms with Gasteiger partial charge in [0.05, 0.1) is 16.9 Å². The highest BCUT2D eigenvalue weighted by molar-refractivity contribution is 7.91. The van der Waals surface area contributed by atoms with Crippen molar-refractivity contribution in [3.8, 4) is 0 Å². The maximum Gasteiger partial charge on any atom is 0.317 e. The van der Waals surface area contributed by atoms with Crippen molar-refractivity contribution >= 4 is 33.3 Å². The van der Waals surface area contributed by atoms with E-state index < -0.39 is 39.8 Å². The molecule has 6 nitrogen and oxygen atoms in total. The summed E-state index contributed by atoms with van der Waals surface area (Å²) < 4.78 is 28.2. The van der Waals surface area contributed by atoms with Gasteiger partial charge in [-0.15, -0.1) is 0 Å². The van der Waals surface area contributed by atoms with E-state index in [1.807, 2.05) is 12.1 Å². The fraction of sp³-hybridized carbons (Fsp3) is 0.556. The Morgan fingerprint density at radius 1 is 1.19 bits per heavy atom. The largest absolute Gasteiger partial charge is 0.455 e. The third-order valence-electron chi connectivity index (χ3n) is 5.18. The Bertz CT molecular complexity index is 784. The van der Waals surface area contributed by atoms with Crippen LogP contribution in [-0.2, 0) is 29.6 Å². The van der Waals surface area contributed by atoms with Crippen LogP contribution in [0.15, 0.2) is 24.3 Å². The van der Waals surface area contributed by atoms with E-state index in [4.69, 9.17) is 16.3 Å². The molecule has 1 saturated heterocycles. The Kier molecular flexibility index (Phi) is 5.58. The molecule has 1 amide bonds. The Morgan fingerprint density at radius 3 is 2.42 bits per heavy atom. The first kappa shape index (κ1) is 19.2. The molecule has 1 aromatic rings. The SMILES string of the molecule is O=C(COC(=O)C1(c2ccc(Cl)cc2)CCCC1)N[C@H]1CCS(=O)(=O)C1. The number of amides is 1. The number of carbonyl (C=O) groups excluding carboxylic acids is 2. The number of carbonyl (C=O) groups is 2. The van der Waals surface area contributed by atoms with Crippen LogP contribution in [0.5, 0.6) is 0 Å². The number of halogens is 1. The first-order chi connectivity index (χ1) is 12.3. The molecule has 0 radical (unpaired) electrons. The van der Waals surface area contributed by atoms with E-state index in [0.29, 0.717) is 24.3 Å². The van der Waals surface area contributed by atoms with Gasteiger partial charge in [0.15, 0.2) is 16.4 Å². The summed E-state index contributed by atoms with van der Waals surface area (Å²) in [5.41, 5.74) is 0.119. The fourth-order valence-electron chi connectivity index (χ4n) is 3.81. The number of hydrogen-bond donors (Lipinski definition) is 1. The van der Waals surface area contributed by atoms with Crippen LogP contribution < -0.4 is 5.32 Å². The van der Waals surface area contributed by atoms with Gasteiger partial charge in [0.1, 0.15) is 0 Å². The minimum Gasteiger partial charge on any atom is -0.455 e. The van der Waals surface area contributed by atoms with Crippen LogP contribution in [0.25, 0.3) is 0 Å². The molecular formula is C18H22ClNO5S. The molecule has 0 bridgehead atoms. The molecule has 0 spiro atoms. The molecule has 1 aliphatic heterocycles. The van der Waals surface area contributed by atoms with E-state index in [1.165, 1.54) is 0 Å². The smallest absolute Gasteiger partial charge is 0.317 e. The van der Waals surface area contributed by atoms with Gasteiger partial charge in [0, 0.05) is 11.1 Å². The van der Waals surface area contributed by atoms with Gasteiger partial charge in [-0.3, -0.25) is 9.59 Å². The molecule has 26 heavy (non-hydrogen) atoms. The molecule has 1 aliphatic carbocycles. The van der Waals surface area contributed by atoms with Crippen LogP contribution in [0.3, 0.4) is 0 Å². The van der Waals surface area contributed by atoms with Crippen molar-refractivity contribution in [3.05, 3.63) is 34.9 Å². The molecule has 2 aliphatic rings. The Morgan fingerprint density at radius 2 is 1.85 bits per heavy atom. The lowest BCUT2D eigenvalue weighted by atomic mass is 9.79. The van der Waals surface area contributed by atoms with Crippen molar-refractivity contribution < 1.29 is 22.7 Å². The summed E-state index contributed by atoms with van der Waals surface area (Å²) in [6, 6.07) is 6.76. The van der Waals surface area contributed by atoms with Crippen molar-refractivity contribution in [1.82, 2.24) is 5.32 Å². The Balaban J connectivity index is 1.60. The minimum absolute atomic E-state index is 0.0542. The number of hydrogen-bond acceptors (Lipinski definition) is 5. The normalized spacial score (nSPS) is 23.5. The molecule has 0 aromatic heterocycles. The van der Waals surface area contributed by atoms with Gasteiger partial charge in [-0.1, -0.05) is 36.6 Å². The summed E-state index contributed by atoms with van der Waals surface area (Å²) in [7, 11) is -3.07. The number of esters is 1. The highest BCUT2D eigenvalue weighted by Crippen LogP contribution is 2.42. The van der Waals surface area contributed by atoms with E-state index in [-0.39, 0.29) is 11.5 Å². The first-order valence-corrected chi connectivity index (χ1v) is 10.9. The molecule has 1 N–H and O–H groups in total. The molecule has 0 unspecified atom stereocenters. The molecule has 2 fully saturated rings. The lowest BCUT2D eigenvalue weighted by Crippen LogP contribution is -2.41. The molecule has 1 saturated carbocycles. The topological polar surface area (TPSA) is 89.5 Å². The predicted molar refractivity (Wildman–Crippen MR) is 97.8 cm³/mol. The lowest BCUT2D eigenvalue weighted by molar-refractivity contribution is -0.154. The second-order valence-electron chi connectivity index (χ2n) is 7.04. The predicted octanol–water partition coefficient (Wildman–Crippen LogP) is 2.00. The summed E-state index contributed by atoms with van der Waals surface area (Å²) in [5.74, 6) is -0.852. The van der Waals surface area contributed by atoms with Crippen LogP contribution in [0.4, 0.5) is 0 Å². The average Bonchev–Trinajstić information content (AvgIpc) is 3.21. The fourth-order valence-corrected chi connectivity index (χ4v) is 5.60. The van der Waals surface area contributed by atoms with E-state index in [1.54, 1.807) is 12.1 Å². The van der Waals surface area contributed by atoms with Gasteiger partial charge in [-0.25, -0.2) is 8.42 Å². The molecule has 1 heterocycles. The second kappa shape index (κ2) is 7.56. The van der Waals surface area contributed by atoms with Gasteiger partial charge in [-0.2, -0.15) is 0 Å². The third-order valence-corrected chi connectivity index (χ3v) is 7.20. The van der Waals surface area contributed by atoms with Crippen LogP contribution >= 0.6 is 11.6 Å². The van der Waals surface area contributed by atoms with E-state index in [0.717, 1.165) is 18.4 Å². The quantitative estimate of drug-likeness (QED) is 0.765. The number of benzene rings is 1. The van der Waals surface area contributed by atoms with E-state index in [2.05, 4.69) is 5.32 Å². The van der Waals surface area contributed by atoms with Crippen LogP contribution in [0.1, 0.15) is 37.7 Å². The van der Waals surface area contributed by atoms with Crippen molar-refractivity contribution in [3.63, 3.8) is 0 Å². The van der Waals surface area contributed by atoms with Gasteiger partial charge < -0.3 is 10.1 Å².